The smallest absolute Gasteiger partial charge is 0.338 e. The highest BCUT2D eigenvalue weighted by Gasteiger charge is 2.23. The van der Waals surface area contributed by atoms with Gasteiger partial charge in [0.05, 0.1) is 19.0 Å². The van der Waals surface area contributed by atoms with Crippen molar-refractivity contribution < 1.29 is 14.3 Å². The van der Waals surface area contributed by atoms with Gasteiger partial charge >= 0.3 is 5.97 Å². The van der Waals surface area contributed by atoms with Gasteiger partial charge in [-0.05, 0) is 25.0 Å². The van der Waals surface area contributed by atoms with Crippen molar-refractivity contribution in [1.29, 1.82) is 0 Å². The van der Waals surface area contributed by atoms with Gasteiger partial charge in [0.25, 0.3) is 5.91 Å². The van der Waals surface area contributed by atoms with Crippen LogP contribution in [0, 0.1) is 0 Å². The van der Waals surface area contributed by atoms with Gasteiger partial charge in [-0.3, -0.25) is 4.79 Å². The van der Waals surface area contributed by atoms with E-state index in [1.54, 1.807) is 35.4 Å². The van der Waals surface area contributed by atoms with Crippen molar-refractivity contribution in [2.75, 3.05) is 25.1 Å². The molecule has 1 fully saturated rings. The fourth-order valence-corrected chi connectivity index (χ4v) is 2.88. The van der Waals surface area contributed by atoms with Crippen molar-refractivity contribution in [1.82, 2.24) is 19.9 Å². The number of anilines is 1. The first kappa shape index (κ1) is 16.9. The number of aromatic nitrogens is 3. The maximum atomic E-state index is 12.2. The van der Waals surface area contributed by atoms with Crippen molar-refractivity contribution >= 4 is 17.7 Å². The van der Waals surface area contributed by atoms with Crippen LogP contribution in [0.2, 0.25) is 0 Å². The quantitative estimate of drug-likeness (QED) is 0.833. The standard InChI is InChI=1S/C17H21N5O3/c1-21-10-14(19-11-21)16(23)20-13-4-7-22(8-5-13)15-9-12(3-6-18-15)17(24)25-2/h3,6,9-11,13H,4-5,7-8H2,1-2H3,(H,20,23). The topological polar surface area (TPSA) is 89.4 Å². The Bertz CT molecular complexity index is 765. The molecule has 0 aromatic carbocycles. The number of hydrogen-bond acceptors (Lipinski definition) is 6. The third-order valence-corrected chi connectivity index (χ3v) is 4.26. The minimum atomic E-state index is -0.374. The first-order valence-corrected chi connectivity index (χ1v) is 8.15. The average molecular weight is 343 g/mol. The summed E-state index contributed by atoms with van der Waals surface area (Å²) in [5.74, 6) is 0.225. The van der Waals surface area contributed by atoms with E-state index in [2.05, 4.69) is 20.2 Å². The molecule has 25 heavy (non-hydrogen) atoms. The Labute approximate surface area is 145 Å². The molecule has 0 saturated carbocycles. The molecule has 1 aliphatic rings. The summed E-state index contributed by atoms with van der Waals surface area (Å²) in [5.41, 5.74) is 0.912. The summed E-state index contributed by atoms with van der Waals surface area (Å²) >= 11 is 0. The number of methoxy groups -OCH3 is 1. The van der Waals surface area contributed by atoms with Gasteiger partial charge in [0.15, 0.2) is 0 Å². The minimum absolute atomic E-state index is 0.106. The van der Waals surface area contributed by atoms with Gasteiger partial charge in [-0.15, -0.1) is 0 Å². The van der Waals surface area contributed by atoms with Crippen molar-refractivity contribution in [3.63, 3.8) is 0 Å². The zero-order valence-corrected chi connectivity index (χ0v) is 14.3. The van der Waals surface area contributed by atoms with Crippen LogP contribution in [0.1, 0.15) is 33.7 Å². The molecule has 2 aromatic rings. The number of aryl methyl sites for hydroxylation is 1. The number of carbonyl (C=O) groups excluding carboxylic acids is 2. The summed E-state index contributed by atoms with van der Waals surface area (Å²) in [6.45, 7) is 1.51. The Kier molecular flexibility index (Phi) is 4.97. The second kappa shape index (κ2) is 7.33. The lowest BCUT2D eigenvalue weighted by Gasteiger charge is -2.33. The average Bonchev–Trinajstić information content (AvgIpc) is 3.08. The number of rotatable bonds is 4. The highest BCUT2D eigenvalue weighted by Crippen LogP contribution is 2.19. The van der Waals surface area contributed by atoms with Crippen molar-refractivity contribution in [2.45, 2.75) is 18.9 Å². The summed E-state index contributed by atoms with van der Waals surface area (Å²) in [6.07, 6.45) is 6.53. The van der Waals surface area contributed by atoms with Crippen molar-refractivity contribution in [2.24, 2.45) is 7.05 Å². The number of carbonyl (C=O) groups is 2. The van der Waals surface area contributed by atoms with Gasteiger partial charge in [0.1, 0.15) is 11.5 Å². The third kappa shape index (κ3) is 3.96. The van der Waals surface area contributed by atoms with E-state index in [0.717, 1.165) is 31.7 Å². The predicted molar refractivity (Wildman–Crippen MR) is 91.5 cm³/mol. The number of pyridine rings is 1. The molecule has 1 N–H and O–H groups in total. The molecule has 3 heterocycles. The number of hydrogen-bond donors (Lipinski definition) is 1. The molecule has 8 nitrogen and oxygen atoms in total. The van der Waals surface area contributed by atoms with E-state index >= 15 is 0 Å². The largest absolute Gasteiger partial charge is 0.465 e. The highest BCUT2D eigenvalue weighted by atomic mass is 16.5. The molecular formula is C17H21N5O3. The van der Waals surface area contributed by atoms with E-state index in [4.69, 9.17) is 4.74 Å². The summed E-state index contributed by atoms with van der Waals surface area (Å²) < 4.78 is 6.49. The molecule has 1 amide bonds. The zero-order valence-electron chi connectivity index (χ0n) is 14.3. The second-order valence-corrected chi connectivity index (χ2v) is 6.05. The summed E-state index contributed by atoms with van der Waals surface area (Å²) in [4.78, 5) is 34.3. The van der Waals surface area contributed by atoms with E-state index in [-0.39, 0.29) is 17.9 Å². The fourth-order valence-electron chi connectivity index (χ4n) is 2.88. The Balaban J connectivity index is 1.57. The lowest BCUT2D eigenvalue weighted by molar-refractivity contribution is 0.0600. The Morgan fingerprint density at radius 2 is 2.04 bits per heavy atom. The van der Waals surface area contributed by atoms with Crippen LogP contribution < -0.4 is 10.2 Å². The number of nitrogens with one attached hydrogen (secondary N) is 1. The van der Waals surface area contributed by atoms with Gasteiger partial charge in [0.2, 0.25) is 0 Å². The molecule has 0 atom stereocenters. The Hall–Kier alpha value is -2.90. The van der Waals surface area contributed by atoms with Crippen LogP contribution >= 0.6 is 0 Å². The minimum Gasteiger partial charge on any atom is -0.465 e. The van der Waals surface area contributed by atoms with Gasteiger partial charge in [-0.25, -0.2) is 14.8 Å². The highest BCUT2D eigenvalue weighted by molar-refractivity contribution is 5.92. The first-order chi connectivity index (χ1) is 12.1. The fraction of sp³-hybridized carbons (Fsp3) is 0.412. The maximum absolute atomic E-state index is 12.2. The molecule has 8 heteroatoms. The second-order valence-electron chi connectivity index (χ2n) is 6.05. The summed E-state index contributed by atoms with van der Waals surface area (Å²) in [7, 11) is 3.19. The first-order valence-electron chi connectivity index (χ1n) is 8.15. The normalized spacial score (nSPS) is 15.0. The van der Waals surface area contributed by atoms with Crippen LogP contribution in [0.5, 0.6) is 0 Å². The molecule has 3 rings (SSSR count). The van der Waals surface area contributed by atoms with Crippen LogP contribution in [-0.4, -0.2) is 52.7 Å². The van der Waals surface area contributed by atoms with E-state index in [1.807, 2.05) is 7.05 Å². The van der Waals surface area contributed by atoms with E-state index in [0.29, 0.717) is 11.3 Å². The molecule has 0 spiro atoms. The molecule has 1 saturated heterocycles. The van der Waals surface area contributed by atoms with E-state index in [9.17, 15) is 9.59 Å². The van der Waals surface area contributed by atoms with Crippen molar-refractivity contribution in [3.05, 3.63) is 42.1 Å². The van der Waals surface area contributed by atoms with Crippen LogP contribution in [0.25, 0.3) is 0 Å². The number of imidazole rings is 1. The van der Waals surface area contributed by atoms with E-state index in [1.165, 1.54) is 7.11 Å². The lowest BCUT2D eigenvalue weighted by atomic mass is 10.0. The molecule has 2 aromatic heterocycles. The molecular weight excluding hydrogens is 322 g/mol. The molecule has 0 radical (unpaired) electrons. The monoisotopic (exact) mass is 343 g/mol. The summed E-state index contributed by atoms with van der Waals surface area (Å²) in [5, 5.41) is 3.02. The van der Waals surface area contributed by atoms with Gasteiger partial charge in [-0.2, -0.15) is 0 Å². The molecule has 0 aliphatic carbocycles. The van der Waals surface area contributed by atoms with Gasteiger partial charge in [-0.1, -0.05) is 0 Å². The lowest BCUT2D eigenvalue weighted by Crippen LogP contribution is -2.45. The van der Waals surface area contributed by atoms with Crippen LogP contribution in [0.15, 0.2) is 30.9 Å². The number of esters is 1. The number of ether oxygens (including phenoxy) is 1. The molecule has 132 valence electrons. The third-order valence-electron chi connectivity index (χ3n) is 4.26. The number of amides is 1. The van der Waals surface area contributed by atoms with Gasteiger partial charge in [0, 0.05) is 38.6 Å². The molecule has 0 bridgehead atoms. The number of piperidine rings is 1. The van der Waals surface area contributed by atoms with Crippen LogP contribution in [0.4, 0.5) is 5.82 Å². The maximum Gasteiger partial charge on any atom is 0.338 e. The van der Waals surface area contributed by atoms with Crippen LogP contribution in [0.3, 0.4) is 0 Å². The van der Waals surface area contributed by atoms with E-state index < -0.39 is 0 Å². The van der Waals surface area contributed by atoms with Gasteiger partial charge < -0.3 is 19.5 Å². The SMILES string of the molecule is COC(=O)c1ccnc(N2CCC(NC(=O)c3cn(C)cn3)CC2)c1. The molecule has 0 unspecified atom stereocenters. The Morgan fingerprint density at radius 1 is 1.28 bits per heavy atom. The Morgan fingerprint density at radius 3 is 2.68 bits per heavy atom. The number of nitrogens with zero attached hydrogens (tertiary/aromatic N) is 4. The predicted octanol–water partition coefficient (Wildman–Crippen LogP) is 1.00. The summed E-state index contributed by atoms with van der Waals surface area (Å²) in [6, 6.07) is 3.47. The zero-order chi connectivity index (χ0) is 17.8. The molecule has 1 aliphatic heterocycles. The van der Waals surface area contributed by atoms with Crippen LogP contribution in [-0.2, 0) is 11.8 Å². The van der Waals surface area contributed by atoms with Crippen molar-refractivity contribution in [3.8, 4) is 0 Å².